The van der Waals surface area contributed by atoms with Gasteiger partial charge in [0, 0.05) is 10.7 Å². The first-order chi connectivity index (χ1) is 10.2. The number of imidazole rings is 1. The fourth-order valence-electron chi connectivity index (χ4n) is 2.07. The summed E-state index contributed by atoms with van der Waals surface area (Å²) in [6.45, 7) is 7.24. The Bertz CT molecular complexity index is 718. The van der Waals surface area contributed by atoms with E-state index in [1.54, 1.807) is 27.0 Å². The van der Waals surface area contributed by atoms with Crippen molar-refractivity contribution in [2.24, 2.45) is 0 Å². The summed E-state index contributed by atoms with van der Waals surface area (Å²) in [5, 5.41) is 8.12. The first-order valence-corrected chi connectivity index (χ1v) is 7.83. The van der Waals surface area contributed by atoms with Crippen LogP contribution in [0.2, 0.25) is 0 Å². The third-order valence-corrected chi connectivity index (χ3v) is 3.46. The second-order valence-corrected chi connectivity index (χ2v) is 6.94. The second-order valence-electron chi connectivity index (χ2n) is 6.02. The smallest absolute Gasteiger partial charge is 0.353 e. The lowest BCUT2D eigenvalue weighted by molar-refractivity contribution is -0.146. The van der Waals surface area contributed by atoms with Crippen molar-refractivity contribution >= 4 is 38.8 Å². The molecule has 0 spiro atoms. The second kappa shape index (κ2) is 6.16. The highest BCUT2D eigenvalue weighted by molar-refractivity contribution is 9.10. The third kappa shape index (κ3) is 3.71. The van der Waals surface area contributed by atoms with Crippen molar-refractivity contribution in [2.45, 2.75) is 45.6 Å². The maximum atomic E-state index is 12.1. The van der Waals surface area contributed by atoms with E-state index in [4.69, 9.17) is 10.1 Å². The molecule has 0 bridgehead atoms. The number of fused-ring (bicyclic) bond motifs is 1. The molecule has 1 atom stereocenters. The first kappa shape index (κ1) is 16.6. The molecule has 2 rings (SSSR count). The molecule has 0 aromatic carbocycles. The largest absolute Gasteiger partial charge is 0.455 e. The summed E-state index contributed by atoms with van der Waals surface area (Å²) in [5.74, 6) is -0.504. The Morgan fingerprint density at radius 3 is 2.77 bits per heavy atom. The van der Waals surface area contributed by atoms with E-state index in [1.165, 1.54) is 0 Å². The Morgan fingerprint density at radius 1 is 1.50 bits per heavy atom. The normalized spacial score (nSPS) is 13.1. The number of H-pyrrole nitrogens is 1. The molecular formula is C15H19BrN4O2. The molecule has 0 fully saturated rings. The van der Waals surface area contributed by atoms with Crippen molar-refractivity contribution < 1.29 is 9.53 Å². The molecule has 0 unspecified atom stereocenters. The average Bonchev–Trinajstić information content (AvgIpc) is 2.79. The van der Waals surface area contributed by atoms with Gasteiger partial charge in [-0.15, -0.1) is 0 Å². The average molecular weight is 367 g/mol. The Labute approximate surface area is 137 Å². The number of pyridine rings is 1. The van der Waals surface area contributed by atoms with E-state index < -0.39 is 17.5 Å². The number of nitrogens with one attached hydrogen (secondary N) is 2. The van der Waals surface area contributed by atoms with E-state index in [-0.39, 0.29) is 5.71 Å². The van der Waals surface area contributed by atoms with Crippen LogP contribution in [0.15, 0.2) is 16.7 Å². The van der Waals surface area contributed by atoms with Gasteiger partial charge in [0.15, 0.2) is 5.65 Å². The minimum atomic E-state index is -0.623. The Morgan fingerprint density at radius 2 is 2.18 bits per heavy atom. The van der Waals surface area contributed by atoms with Gasteiger partial charge in [0.25, 0.3) is 0 Å². The summed E-state index contributed by atoms with van der Waals surface area (Å²) in [4.78, 5) is 23.8. The molecule has 0 saturated heterocycles. The fraction of sp³-hybridized carbons (Fsp3) is 0.467. The Hall–Kier alpha value is -1.76. The summed E-state index contributed by atoms with van der Waals surface area (Å²) in [5.41, 5.74) is 0.603. The van der Waals surface area contributed by atoms with E-state index in [2.05, 4.69) is 30.9 Å². The number of hydrogen-bond acceptors (Lipinski definition) is 5. The lowest BCUT2D eigenvalue weighted by atomic mass is 9.99. The topological polar surface area (TPSA) is 91.7 Å². The molecule has 0 aliphatic rings. The quantitative estimate of drug-likeness (QED) is 0.638. The summed E-state index contributed by atoms with van der Waals surface area (Å²) < 4.78 is 6.11. The summed E-state index contributed by atoms with van der Waals surface area (Å²) >= 11 is 3.35. The van der Waals surface area contributed by atoms with Gasteiger partial charge in [-0.3, -0.25) is 5.41 Å². The number of ether oxygens (including phenoxy) is 1. The van der Waals surface area contributed by atoms with E-state index in [1.807, 2.05) is 13.0 Å². The number of hydrogen-bond donors (Lipinski definition) is 2. The van der Waals surface area contributed by atoms with Crippen LogP contribution in [0.3, 0.4) is 0 Å². The molecule has 7 heteroatoms. The summed E-state index contributed by atoms with van der Waals surface area (Å²) in [6, 6.07) is 1.86. The van der Waals surface area contributed by atoms with Crippen molar-refractivity contribution in [3.8, 4) is 0 Å². The van der Waals surface area contributed by atoms with Gasteiger partial charge in [-0.2, -0.15) is 0 Å². The summed E-state index contributed by atoms with van der Waals surface area (Å²) in [6.07, 6.45) is 2.23. The number of carbonyl (C=O) groups excluding carboxylic acids is 1. The molecule has 2 aromatic rings. The van der Waals surface area contributed by atoms with Gasteiger partial charge in [-0.25, -0.2) is 14.8 Å². The number of aromatic nitrogens is 3. The van der Waals surface area contributed by atoms with Gasteiger partial charge in [-0.05, 0) is 49.2 Å². The predicted octanol–water partition coefficient (Wildman–Crippen LogP) is 3.58. The van der Waals surface area contributed by atoms with Gasteiger partial charge in [0.1, 0.15) is 17.1 Å². The van der Waals surface area contributed by atoms with Crippen LogP contribution in [0.25, 0.3) is 11.2 Å². The zero-order valence-electron chi connectivity index (χ0n) is 13.0. The minimum Gasteiger partial charge on any atom is -0.455 e. The Balaban J connectivity index is 2.29. The number of nitrogens with zero attached hydrogens (tertiary/aromatic N) is 2. The highest BCUT2D eigenvalue weighted by Gasteiger charge is 2.28. The van der Waals surface area contributed by atoms with Crippen molar-refractivity contribution in [2.75, 3.05) is 0 Å². The first-order valence-electron chi connectivity index (χ1n) is 7.04. The van der Waals surface area contributed by atoms with E-state index in [0.717, 1.165) is 9.99 Å². The van der Waals surface area contributed by atoms with Crippen molar-refractivity contribution in [1.29, 1.82) is 5.41 Å². The molecular weight excluding hydrogens is 348 g/mol. The number of halogens is 1. The maximum absolute atomic E-state index is 12.1. The van der Waals surface area contributed by atoms with Gasteiger partial charge < -0.3 is 9.72 Å². The predicted molar refractivity (Wildman–Crippen MR) is 88.2 cm³/mol. The molecule has 2 heterocycles. The van der Waals surface area contributed by atoms with Crippen LogP contribution in [-0.4, -0.2) is 32.2 Å². The highest BCUT2D eigenvalue weighted by Crippen LogP contribution is 2.23. The van der Waals surface area contributed by atoms with E-state index in [9.17, 15) is 4.79 Å². The standard InChI is InChI=1S/C15H19BrN4O2/c1-5-9(11(17)14(21)22-15(2,3)4)12-19-10-6-8(16)7-18-13(10)20-12/h6-7,9,17H,5H2,1-4H3,(H,18,19,20)/t9-/m0/s1. The van der Waals surface area contributed by atoms with E-state index in [0.29, 0.717) is 17.9 Å². The van der Waals surface area contributed by atoms with Crippen molar-refractivity contribution in [3.63, 3.8) is 0 Å². The van der Waals surface area contributed by atoms with Crippen molar-refractivity contribution in [1.82, 2.24) is 15.0 Å². The van der Waals surface area contributed by atoms with Crippen LogP contribution in [0.4, 0.5) is 0 Å². The molecule has 0 aliphatic carbocycles. The maximum Gasteiger partial charge on any atom is 0.353 e. The molecule has 2 N–H and O–H groups in total. The number of aromatic amines is 1. The van der Waals surface area contributed by atoms with Gasteiger partial charge in [0.05, 0.1) is 11.4 Å². The molecule has 118 valence electrons. The Kier molecular flexibility index (Phi) is 4.65. The monoisotopic (exact) mass is 366 g/mol. The minimum absolute atomic E-state index is 0.101. The van der Waals surface area contributed by atoms with Crippen LogP contribution in [-0.2, 0) is 9.53 Å². The zero-order chi connectivity index (χ0) is 16.5. The molecule has 22 heavy (non-hydrogen) atoms. The SMILES string of the molecule is CC[C@@H](C(=N)C(=O)OC(C)(C)C)c1nc2ncc(Br)cc2[nH]1. The number of esters is 1. The van der Waals surface area contributed by atoms with Crippen LogP contribution in [0.5, 0.6) is 0 Å². The molecule has 0 radical (unpaired) electrons. The van der Waals surface area contributed by atoms with Crippen LogP contribution in [0, 0.1) is 5.41 Å². The number of rotatable bonds is 4. The molecule has 2 aromatic heterocycles. The van der Waals surface area contributed by atoms with E-state index >= 15 is 0 Å². The molecule has 0 saturated carbocycles. The lowest BCUT2D eigenvalue weighted by Crippen LogP contribution is -2.31. The fourth-order valence-corrected chi connectivity index (χ4v) is 2.40. The summed E-state index contributed by atoms with van der Waals surface area (Å²) in [7, 11) is 0. The van der Waals surface area contributed by atoms with Crippen molar-refractivity contribution in [3.05, 3.63) is 22.6 Å². The molecule has 6 nitrogen and oxygen atoms in total. The third-order valence-electron chi connectivity index (χ3n) is 3.03. The highest BCUT2D eigenvalue weighted by atomic mass is 79.9. The number of carbonyl (C=O) groups is 1. The zero-order valence-corrected chi connectivity index (χ0v) is 14.6. The lowest BCUT2D eigenvalue weighted by Gasteiger charge is -2.21. The van der Waals surface area contributed by atoms with Crippen LogP contribution >= 0.6 is 15.9 Å². The van der Waals surface area contributed by atoms with Gasteiger partial charge in [-0.1, -0.05) is 6.92 Å². The molecule has 0 aliphatic heterocycles. The van der Waals surface area contributed by atoms with Gasteiger partial charge >= 0.3 is 5.97 Å². The van der Waals surface area contributed by atoms with Crippen LogP contribution in [0.1, 0.15) is 45.9 Å². The molecule has 0 amide bonds. The van der Waals surface area contributed by atoms with Crippen LogP contribution < -0.4 is 0 Å². The van der Waals surface area contributed by atoms with Gasteiger partial charge in [0.2, 0.25) is 0 Å².